The normalized spacial score (nSPS) is 11.1. The summed E-state index contributed by atoms with van der Waals surface area (Å²) in [5, 5.41) is 23.8. The number of carboxylic acids is 1. The summed E-state index contributed by atoms with van der Waals surface area (Å²) in [7, 11) is 0. The fourth-order valence-electron chi connectivity index (χ4n) is 2.34. The lowest BCUT2D eigenvalue weighted by Gasteiger charge is -2.01. The number of hydrogen-bond acceptors (Lipinski definition) is 6. The maximum atomic E-state index is 11.3. The highest BCUT2D eigenvalue weighted by Crippen LogP contribution is 2.28. The molecule has 0 aliphatic rings. The molecule has 0 aliphatic heterocycles. The molecule has 3 aromatic rings. The molecule has 3 rings (SSSR count). The van der Waals surface area contributed by atoms with E-state index in [1.54, 1.807) is 30.3 Å². The Bertz CT molecular complexity index is 983. The third-order valence-electron chi connectivity index (χ3n) is 3.49. The zero-order valence-corrected chi connectivity index (χ0v) is 13.0. The first-order valence-electron chi connectivity index (χ1n) is 7.18. The molecule has 0 atom stereocenters. The molecule has 1 aromatic carbocycles. The molecule has 8 nitrogen and oxygen atoms in total. The van der Waals surface area contributed by atoms with Gasteiger partial charge in [0.2, 0.25) is 5.76 Å². The van der Waals surface area contributed by atoms with Crippen LogP contribution >= 0.6 is 0 Å². The number of hydrogen-bond donors (Lipinski definition) is 1. The highest BCUT2D eigenvalue weighted by molar-refractivity contribution is 5.95. The van der Waals surface area contributed by atoms with E-state index < -0.39 is 10.9 Å². The summed E-state index contributed by atoms with van der Waals surface area (Å²) < 4.78 is 10.5. The highest BCUT2D eigenvalue weighted by atomic mass is 16.6. The van der Waals surface area contributed by atoms with Gasteiger partial charge in [-0.05, 0) is 37.3 Å². The predicted molar refractivity (Wildman–Crippen MR) is 87.9 cm³/mol. The Balaban J connectivity index is 1.91. The Kier molecular flexibility index (Phi) is 4.17. The van der Waals surface area contributed by atoms with Gasteiger partial charge in [-0.25, -0.2) is 4.79 Å². The lowest BCUT2D eigenvalue weighted by Crippen LogP contribution is -1.98. The second-order valence-electron chi connectivity index (χ2n) is 5.12. The number of aryl methyl sites for hydroxylation is 1. The van der Waals surface area contributed by atoms with Crippen molar-refractivity contribution in [2.45, 2.75) is 6.92 Å². The van der Waals surface area contributed by atoms with Gasteiger partial charge >= 0.3 is 11.7 Å². The molecule has 0 saturated heterocycles. The number of furan rings is 1. The zero-order valence-electron chi connectivity index (χ0n) is 13.0. The maximum Gasteiger partial charge on any atom is 0.338 e. The fourth-order valence-corrected chi connectivity index (χ4v) is 2.34. The van der Waals surface area contributed by atoms with Crippen LogP contribution in [0.4, 0.5) is 5.69 Å². The van der Waals surface area contributed by atoms with E-state index in [9.17, 15) is 20.0 Å². The zero-order chi connectivity index (χ0) is 18.0. The molecule has 8 heteroatoms. The Morgan fingerprint density at radius 1 is 1.24 bits per heavy atom. The smallest absolute Gasteiger partial charge is 0.338 e. The van der Waals surface area contributed by atoms with Crippen molar-refractivity contribution in [1.82, 2.24) is 5.16 Å². The Morgan fingerprint density at radius 2 is 2.00 bits per heavy atom. The van der Waals surface area contributed by atoms with Crippen molar-refractivity contribution < 1.29 is 23.8 Å². The van der Waals surface area contributed by atoms with Gasteiger partial charge in [-0.1, -0.05) is 23.4 Å². The van der Waals surface area contributed by atoms with Gasteiger partial charge in [-0.3, -0.25) is 10.1 Å². The van der Waals surface area contributed by atoms with Crippen LogP contribution in [0.15, 0.2) is 45.3 Å². The average Bonchev–Trinajstić information content (AvgIpc) is 3.19. The van der Waals surface area contributed by atoms with Crippen LogP contribution < -0.4 is 0 Å². The summed E-state index contributed by atoms with van der Waals surface area (Å²) in [6.45, 7) is 1.48. The molecular weight excluding hydrogens is 328 g/mol. The van der Waals surface area contributed by atoms with Crippen LogP contribution in [-0.4, -0.2) is 21.2 Å². The summed E-state index contributed by atoms with van der Waals surface area (Å²) in [6.07, 6.45) is 2.86. The maximum absolute atomic E-state index is 11.3. The van der Waals surface area contributed by atoms with Gasteiger partial charge in [0.05, 0.1) is 10.5 Å². The van der Waals surface area contributed by atoms with Gasteiger partial charge in [0.25, 0.3) is 0 Å². The highest BCUT2D eigenvalue weighted by Gasteiger charge is 2.22. The summed E-state index contributed by atoms with van der Waals surface area (Å²) >= 11 is 0. The number of benzene rings is 1. The molecule has 0 saturated carbocycles. The van der Waals surface area contributed by atoms with Crippen LogP contribution in [0.1, 0.15) is 27.6 Å². The second-order valence-corrected chi connectivity index (χ2v) is 5.12. The number of rotatable bonds is 5. The molecule has 1 N–H and O–H groups in total. The Hall–Kier alpha value is -3.68. The van der Waals surface area contributed by atoms with E-state index in [1.165, 1.54) is 25.1 Å². The van der Waals surface area contributed by atoms with Crippen LogP contribution in [0.5, 0.6) is 0 Å². The minimum absolute atomic E-state index is 0.00591. The van der Waals surface area contributed by atoms with Crippen molar-refractivity contribution >= 4 is 23.8 Å². The second kappa shape index (κ2) is 6.44. The molecule has 0 amide bonds. The van der Waals surface area contributed by atoms with Crippen LogP contribution in [0.2, 0.25) is 0 Å². The van der Waals surface area contributed by atoms with E-state index in [0.29, 0.717) is 17.1 Å². The standard InChI is InChI=1S/C17H12N2O6/c1-10-16(19(22)23)15(25-18-10)9-7-11-6-8-14(24-11)12-4-2-3-5-13(12)17(20)21/h2-9H,1H3,(H,20,21). The van der Waals surface area contributed by atoms with Gasteiger partial charge in [0.15, 0.2) is 5.69 Å². The van der Waals surface area contributed by atoms with E-state index in [0.717, 1.165) is 0 Å². The molecule has 0 spiro atoms. The van der Waals surface area contributed by atoms with Crippen molar-refractivity contribution in [3.63, 3.8) is 0 Å². The van der Waals surface area contributed by atoms with Crippen LogP contribution in [0, 0.1) is 17.0 Å². The number of aromatic nitrogens is 1. The van der Waals surface area contributed by atoms with Gasteiger partial charge < -0.3 is 14.0 Å². The molecular formula is C17H12N2O6. The van der Waals surface area contributed by atoms with E-state index in [4.69, 9.17) is 8.94 Å². The van der Waals surface area contributed by atoms with Crippen molar-refractivity contribution in [2.24, 2.45) is 0 Å². The summed E-state index contributed by atoms with van der Waals surface area (Å²) in [4.78, 5) is 21.7. The quantitative estimate of drug-likeness (QED) is 0.550. The molecule has 0 fully saturated rings. The lowest BCUT2D eigenvalue weighted by molar-refractivity contribution is -0.386. The van der Waals surface area contributed by atoms with Crippen molar-refractivity contribution in [3.8, 4) is 11.3 Å². The average molecular weight is 340 g/mol. The monoisotopic (exact) mass is 340 g/mol. The molecule has 2 aromatic heterocycles. The third-order valence-corrected chi connectivity index (χ3v) is 3.49. The Morgan fingerprint density at radius 3 is 2.72 bits per heavy atom. The summed E-state index contributed by atoms with van der Waals surface area (Å²) in [5.74, 6) is -0.289. The number of carboxylic acid groups (broad SMARTS) is 1. The number of carbonyl (C=O) groups is 1. The van der Waals surface area contributed by atoms with Gasteiger partial charge in [0, 0.05) is 5.56 Å². The molecule has 126 valence electrons. The number of aromatic carboxylic acids is 1. The fraction of sp³-hybridized carbons (Fsp3) is 0.0588. The molecule has 25 heavy (non-hydrogen) atoms. The minimum Gasteiger partial charge on any atom is -0.478 e. The van der Waals surface area contributed by atoms with Crippen molar-refractivity contribution in [3.05, 3.63) is 69.3 Å². The van der Waals surface area contributed by atoms with E-state index in [1.807, 2.05) is 0 Å². The van der Waals surface area contributed by atoms with E-state index in [2.05, 4.69) is 5.16 Å². The summed E-state index contributed by atoms with van der Waals surface area (Å²) in [6, 6.07) is 9.71. The van der Waals surface area contributed by atoms with Crippen LogP contribution in [0.3, 0.4) is 0 Å². The first kappa shape index (κ1) is 16.2. The topological polar surface area (TPSA) is 120 Å². The van der Waals surface area contributed by atoms with Crippen LogP contribution in [-0.2, 0) is 0 Å². The first-order chi connectivity index (χ1) is 12.0. The molecule has 0 radical (unpaired) electrons. The summed E-state index contributed by atoms with van der Waals surface area (Å²) in [5.41, 5.74) is 0.532. The number of nitro groups is 1. The third kappa shape index (κ3) is 3.18. The Labute approximate surface area is 141 Å². The number of nitrogens with zero attached hydrogens (tertiary/aromatic N) is 2. The molecule has 0 bridgehead atoms. The van der Waals surface area contributed by atoms with E-state index >= 15 is 0 Å². The van der Waals surface area contributed by atoms with Gasteiger partial charge in [-0.15, -0.1) is 0 Å². The first-order valence-corrected chi connectivity index (χ1v) is 7.18. The van der Waals surface area contributed by atoms with Crippen molar-refractivity contribution in [1.29, 1.82) is 0 Å². The van der Waals surface area contributed by atoms with Gasteiger partial charge in [-0.2, -0.15) is 0 Å². The molecule has 0 aliphatic carbocycles. The minimum atomic E-state index is -1.06. The SMILES string of the molecule is Cc1noc(C=Cc2ccc(-c3ccccc3C(=O)O)o2)c1[N+](=O)[O-]. The lowest BCUT2D eigenvalue weighted by atomic mass is 10.1. The van der Waals surface area contributed by atoms with Gasteiger partial charge in [0.1, 0.15) is 11.5 Å². The predicted octanol–water partition coefficient (Wildman–Crippen LogP) is 4.02. The molecule has 0 unspecified atom stereocenters. The molecule has 2 heterocycles. The van der Waals surface area contributed by atoms with Crippen molar-refractivity contribution in [2.75, 3.05) is 0 Å². The van der Waals surface area contributed by atoms with E-state index in [-0.39, 0.29) is 22.7 Å². The van der Waals surface area contributed by atoms with Crippen LogP contribution in [0.25, 0.3) is 23.5 Å². The largest absolute Gasteiger partial charge is 0.478 e.